The summed E-state index contributed by atoms with van der Waals surface area (Å²) >= 11 is 1.73. The molecule has 5 heteroatoms. The monoisotopic (exact) mass is 749 g/mol. The minimum Gasteiger partial charge on any atom is -0.456 e. The Morgan fingerprint density at radius 3 is 2.37 bits per heavy atom. The van der Waals surface area contributed by atoms with E-state index < -0.39 is 0 Å². The molecule has 0 fully saturated rings. The van der Waals surface area contributed by atoms with Gasteiger partial charge in [-0.3, -0.25) is 0 Å². The number of benzene rings is 7. The summed E-state index contributed by atoms with van der Waals surface area (Å²) in [4.78, 5) is 10.3. The molecule has 57 heavy (non-hydrogen) atoms. The van der Waals surface area contributed by atoms with E-state index in [0.29, 0.717) is 11.6 Å². The smallest absolute Gasteiger partial charge is 0.228 e. The van der Waals surface area contributed by atoms with Gasteiger partial charge >= 0.3 is 0 Å². The Hall–Kier alpha value is -7.08. The van der Waals surface area contributed by atoms with E-state index in [1.54, 1.807) is 11.3 Å². The van der Waals surface area contributed by atoms with Crippen LogP contribution in [0.1, 0.15) is 22.6 Å². The van der Waals surface area contributed by atoms with Crippen molar-refractivity contribution in [1.82, 2.24) is 9.97 Å². The zero-order valence-electron chi connectivity index (χ0n) is 30.9. The number of furan rings is 1. The Morgan fingerprint density at radius 2 is 1.46 bits per heavy atom. The molecule has 0 saturated carbocycles. The van der Waals surface area contributed by atoms with Crippen LogP contribution >= 0.6 is 11.3 Å². The Bertz CT molecular complexity index is 3280. The van der Waals surface area contributed by atoms with E-state index in [1.807, 2.05) is 6.07 Å². The number of thiophene rings is 1. The van der Waals surface area contributed by atoms with Crippen LogP contribution in [0.4, 0.5) is 5.95 Å². The average Bonchev–Trinajstić information content (AvgIpc) is 3.83. The van der Waals surface area contributed by atoms with Crippen LogP contribution in [0.25, 0.3) is 81.0 Å². The van der Waals surface area contributed by atoms with E-state index in [2.05, 4.69) is 182 Å². The molecule has 1 aliphatic rings. The van der Waals surface area contributed by atoms with Gasteiger partial charge in [-0.2, -0.15) is 0 Å². The highest BCUT2D eigenvalue weighted by atomic mass is 32.1. The van der Waals surface area contributed by atoms with E-state index in [1.165, 1.54) is 37.7 Å². The van der Waals surface area contributed by atoms with Gasteiger partial charge in [0.15, 0.2) is 0 Å². The van der Waals surface area contributed by atoms with E-state index in [-0.39, 0.29) is 5.92 Å². The van der Waals surface area contributed by atoms with Crippen LogP contribution in [0.2, 0.25) is 0 Å². The van der Waals surface area contributed by atoms with Crippen molar-refractivity contribution in [1.29, 1.82) is 0 Å². The Morgan fingerprint density at radius 1 is 0.702 bits per heavy atom. The number of allylic oxidation sites excluding steroid dienone is 4. The van der Waals surface area contributed by atoms with Gasteiger partial charge in [0.25, 0.3) is 0 Å². The number of fused-ring (bicyclic) bond motifs is 11. The van der Waals surface area contributed by atoms with Crippen molar-refractivity contribution in [3.8, 4) is 22.4 Å². The molecule has 0 aliphatic heterocycles. The fraction of sp³-hybridized carbons (Fsp3) is 0.0385. The first-order valence-electron chi connectivity index (χ1n) is 19.3. The van der Waals surface area contributed by atoms with Gasteiger partial charge in [0, 0.05) is 43.6 Å². The number of aromatic nitrogens is 2. The van der Waals surface area contributed by atoms with Crippen LogP contribution < -0.4 is 5.32 Å². The first-order chi connectivity index (χ1) is 28.2. The molecule has 0 spiro atoms. The first-order valence-corrected chi connectivity index (χ1v) is 20.1. The molecule has 3 heterocycles. The molecule has 7 aromatic carbocycles. The Kier molecular flexibility index (Phi) is 7.93. The normalized spacial score (nSPS) is 14.2. The summed E-state index contributed by atoms with van der Waals surface area (Å²) < 4.78 is 8.65. The Labute approximate surface area is 333 Å². The van der Waals surface area contributed by atoms with Gasteiger partial charge in [-0.15, -0.1) is 11.3 Å². The summed E-state index contributed by atoms with van der Waals surface area (Å²) in [5.41, 5.74) is 12.6. The van der Waals surface area contributed by atoms with Crippen LogP contribution in [0.5, 0.6) is 0 Å². The summed E-state index contributed by atoms with van der Waals surface area (Å²) in [5, 5.41) is 9.23. The fourth-order valence-electron chi connectivity index (χ4n) is 8.56. The molecular formula is C52H35N3OS. The van der Waals surface area contributed by atoms with Crippen LogP contribution in [-0.2, 0) is 6.42 Å². The fourth-order valence-corrected chi connectivity index (χ4v) is 9.71. The minimum absolute atomic E-state index is 0.229. The van der Waals surface area contributed by atoms with Gasteiger partial charge in [-0.05, 0) is 69.3 Å². The zero-order valence-corrected chi connectivity index (χ0v) is 31.8. The second kappa shape index (κ2) is 13.6. The molecule has 0 bridgehead atoms. The van der Waals surface area contributed by atoms with Crippen LogP contribution in [-0.4, -0.2) is 9.97 Å². The number of nitrogens with one attached hydrogen (secondary N) is 1. The third kappa shape index (κ3) is 5.74. The molecule has 0 radical (unpaired) electrons. The van der Waals surface area contributed by atoms with E-state index in [9.17, 15) is 0 Å². The molecular weight excluding hydrogens is 715 g/mol. The van der Waals surface area contributed by atoms with Gasteiger partial charge in [-0.25, -0.2) is 9.97 Å². The number of hydrogen-bond acceptors (Lipinski definition) is 5. The molecule has 4 nitrogen and oxygen atoms in total. The highest BCUT2D eigenvalue weighted by molar-refractivity contribution is 7.26. The molecule has 0 saturated heterocycles. The lowest BCUT2D eigenvalue weighted by Gasteiger charge is -2.25. The zero-order chi connectivity index (χ0) is 37.9. The first kappa shape index (κ1) is 33.3. The number of anilines is 1. The molecule has 270 valence electrons. The minimum atomic E-state index is 0.229. The maximum absolute atomic E-state index is 6.41. The Balaban J connectivity index is 1.05. The lowest BCUT2D eigenvalue weighted by molar-refractivity contribution is 0.669. The molecule has 10 aromatic rings. The number of hydrogen-bond donors (Lipinski definition) is 1. The lowest BCUT2D eigenvalue weighted by atomic mass is 9.78. The van der Waals surface area contributed by atoms with Crippen molar-refractivity contribution in [2.75, 3.05) is 5.32 Å². The van der Waals surface area contributed by atoms with Crippen LogP contribution in [0.15, 0.2) is 193 Å². The van der Waals surface area contributed by atoms with Crippen molar-refractivity contribution < 1.29 is 4.42 Å². The van der Waals surface area contributed by atoms with Gasteiger partial charge in [0.05, 0.1) is 15.9 Å². The van der Waals surface area contributed by atoms with Crippen molar-refractivity contribution in [2.45, 2.75) is 12.3 Å². The highest BCUT2D eigenvalue weighted by Crippen LogP contribution is 2.42. The molecule has 1 N–H and O–H groups in total. The topological polar surface area (TPSA) is 51.0 Å². The maximum Gasteiger partial charge on any atom is 0.228 e. The molecule has 1 aliphatic carbocycles. The summed E-state index contributed by atoms with van der Waals surface area (Å²) in [7, 11) is 0. The third-order valence-corrected chi connectivity index (χ3v) is 12.4. The van der Waals surface area contributed by atoms with Gasteiger partial charge in [0.1, 0.15) is 11.2 Å². The summed E-state index contributed by atoms with van der Waals surface area (Å²) in [6.45, 7) is 4.66. The van der Waals surface area contributed by atoms with E-state index in [4.69, 9.17) is 14.4 Å². The summed E-state index contributed by atoms with van der Waals surface area (Å²) in [6.07, 6.45) is 7.64. The van der Waals surface area contributed by atoms with E-state index in [0.717, 1.165) is 66.4 Å². The third-order valence-electron chi connectivity index (χ3n) is 11.2. The van der Waals surface area contributed by atoms with Crippen molar-refractivity contribution >= 4 is 75.9 Å². The highest BCUT2D eigenvalue weighted by Gasteiger charge is 2.23. The second-order valence-electron chi connectivity index (χ2n) is 14.6. The average molecular weight is 750 g/mol. The van der Waals surface area contributed by atoms with Gasteiger partial charge in [-0.1, -0.05) is 158 Å². The standard InChI is InChI=1S/C52H35N3OS/c1-32(53-52-54-49(34-15-3-2-4-16-34)51-50(55-52)43-23-11-12-25-47(43)57-51)38(24-13-18-36-30-35-17-6-7-19-39(35)42-22-10-9-20-40(36)42)37-27-28-45-44(31-37)48-41-21-8-5-14-33(41)26-29-46(48)56-45/h2-29,31,36H,1,30H2,(H,53,54,55)/b18-13-,38-24+. The molecule has 1 atom stereocenters. The summed E-state index contributed by atoms with van der Waals surface area (Å²) in [5.74, 6) is 0.732. The largest absolute Gasteiger partial charge is 0.456 e. The predicted molar refractivity (Wildman–Crippen MR) is 240 cm³/mol. The van der Waals surface area contributed by atoms with E-state index >= 15 is 0 Å². The number of rotatable bonds is 7. The predicted octanol–water partition coefficient (Wildman–Crippen LogP) is 14.1. The van der Waals surface area contributed by atoms with Crippen molar-refractivity contribution in [2.24, 2.45) is 0 Å². The SMILES string of the molecule is C=C(Nc1nc(-c2ccccc2)c2sc3ccccc3c2n1)/C(=C\C=C/C1Cc2ccccc2-c2ccccc21)c1ccc2oc3ccc4ccccc4c3c2c1. The quantitative estimate of drug-likeness (QED) is 0.165. The lowest BCUT2D eigenvalue weighted by Crippen LogP contribution is -2.09. The van der Waals surface area contributed by atoms with Crippen LogP contribution in [0, 0.1) is 0 Å². The van der Waals surface area contributed by atoms with Gasteiger partial charge < -0.3 is 9.73 Å². The molecule has 3 aromatic heterocycles. The second-order valence-corrected chi connectivity index (χ2v) is 15.7. The van der Waals surface area contributed by atoms with Crippen LogP contribution in [0.3, 0.4) is 0 Å². The van der Waals surface area contributed by atoms with Gasteiger partial charge in [0.2, 0.25) is 5.95 Å². The molecule has 11 rings (SSSR count). The summed E-state index contributed by atoms with van der Waals surface area (Å²) in [6, 6.07) is 55.5. The van der Waals surface area contributed by atoms with Crippen molar-refractivity contribution in [3.63, 3.8) is 0 Å². The maximum atomic E-state index is 6.41. The van der Waals surface area contributed by atoms with Crippen molar-refractivity contribution in [3.05, 3.63) is 205 Å². The number of nitrogens with zero attached hydrogens (tertiary/aromatic N) is 2. The molecule has 0 amide bonds. The molecule has 1 unspecified atom stereocenters.